The van der Waals surface area contributed by atoms with Crippen molar-refractivity contribution in [2.75, 3.05) is 23.0 Å². The molecule has 0 aromatic carbocycles. The molecule has 0 bridgehead atoms. The summed E-state index contributed by atoms with van der Waals surface area (Å²) in [4.78, 5) is 18.6. The van der Waals surface area contributed by atoms with Gasteiger partial charge >= 0.3 is 6.18 Å². The molecule has 2 rings (SSSR count). The summed E-state index contributed by atoms with van der Waals surface area (Å²) in [5.41, 5.74) is 0.595. The Morgan fingerprint density at radius 1 is 1.48 bits per heavy atom. The normalized spacial score (nSPS) is 12.8. The molecule has 0 aliphatic carbocycles. The lowest BCUT2D eigenvalue weighted by molar-refractivity contribution is -0.604. The molecular formula is C18H21ClF3N3O2S2. The molecule has 0 saturated heterocycles. The van der Waals surface area contributed by atoms with Crippen molar-refractivity contribution in [3.8, 4) is 10.6 Å². The summed E-state index contributed by atoms with van der Waals surface area (Å²) in [5, 5.41) is 12.7. The molecule has 2 heterocycles. The standard InChI is InChI=1S/C18H21ClF3N3O2S2/c1-3-25(16(26)12(2)11-28-9-5-7-18(20,21)22)17-14(19)23-15(29-17)13-6-4-8-24(27)10-13/h4,6,8,10,12H,3,5,7,9,11H2,1-2H3. The van der Waals surface area contributed by atoms with E-state index in [0.29, 0.717) is 38.4 Å². The van der Waals surface area contributed by atoms with E-state index in [9.17, 15) is 23.2 Å². The van der Waals surface area contributed by atoms with Gasteiger partial charge in [-0.2, -0.15) is 29.7 Å². The Labute approximate surface area is 180 Å². The number of thiazole rings is 1. The van der Waals surface area contributed by atoms with E-state index in [1.807, 2.05) is 6.92 Å². The molecule has 1 atom stereocenters. The smallest absolute Gasteiger partial charge is 0.389 e. The monoisotopic (exact) mass is 467 g/mol. The number of pyridine rings is 1. The Morgan fingerprint density at radius 3 is 2.83 bits per heavy atom. The number of anilines is 1. The third-order valence-corrected chi connectivity index (χ3v) is 6.77. The van der Waals surface area contributed by atoms with E-state index in [4.69, 9.17) is 11.6 Å². The number of aromatic nitrogens is 2. The highest BCUT2D eigenvalue weighted by Gasteiger charge is 2.27. The number of rotatable bonds is 9. The van der Waals surface area contributed by atoms with Crippen LogP contribution in [0.3, 0.4) is 0 Å². The number of amides is 1. The minimum atomic E-state index is -4.15. The zero-order valence-electron chi connectivity index (χ0n) is 15.9. The van der Waals surface area contributed by atoms with Gasteiger partial charge < -0.3 is 10.1 Å². The molecule has 2 aromatic heterocycles. The zero-order chi connectivity index (χ0) is 21.6. The van der Waals surface area contributed by atoms with Crippen molar-refractivity contribution in [3.05, 3.63) is 34.9 Å². The summed E-state index contributed by atoms with van der Waals surface area (Å²) in [6.07, 6.45) is -2.20. The number of nitrogens with zero attached hydrogens (tertiary/aromatic N) is 3. The van der Waals surface area contributed by atoms with Gasteiger partial charge in [-0.25, -0.2) is 4.98 Å². The molecular weight excluding hydrogens is 447 g/mol. The van der Waals surface area contributed by atoms with Crippen molar-refractivity contribution in [1.29, 1.82) is 0 Å². The first-order valence-corrected chi connectivity index (χ1v) is 11.3. The maximum absolute atomic E-state index is 12.8. The highest BCUT2D eigenvalue weighted by molar-refractivity contribution is 7.99. The number of alkyl halides is 3. The van der Waals surface area contributed by atoms with E-state index < -0.39 is 12.6 Å². The van der Waals surface area contributed by atoms with Gasteiger partial charge in [-0.3, -0.25) is 4.79 Å². The summed E-state index contributed by atoms with van der Waals surface area (Å²) >= 11 is 8.80. The van der Waals surface area contributed by atoms with Crippen LogP contribution in [0.1, 0.15) is 26.7 Å². The molecule has 0 radical (unpaired) electrons. The van der Waals surface area contributed by atoms with Crippen molar-refractivity contribution in [1.82, 2.24) is 4.98 Å². The van der Waals surface area contributed by atoms with Crippen LogP contribution in [0.2, 0.25) is 5.15 Å². The Bertz CT molecular complexity index is 833. The molecule has 0 spiro atoms. The quantitative estimate of drug-likeness (QED) is 0.290. The average molecular weight is 468 g/mol. The number of hydrogen-bond donors (Lipinski definition) is 0. The number of carbonyl (C=O) groups excluding carboxylic acids is 1. The summed E-state index contributed by atoms with van der Waals surface area (Å²) in [6, 6.07) is 3.32. The van der Waals surface area contributed by atoms with Crippen LogP contribution in [0.4, 0.5) is 18.2 Å². The van der Waals surface area contributed by atoms with E-state index in [-0.39, 0.29) is 23.4 Å². The Kier molecular flexibility index (Phi) is 8.59. The molecule has 5 nitrogen and oxygen atoms in total. The summed E-state index contributed by atoms with van der Waals surface area (Å²) in [5.74, 6) is 0.219. The third kappa shape index (κ3) is 7.04. The van der Waals surface area contributed by atoms with Crippen LogP contribution in [0.25, 0.3) is 10.6 Å². The third-order valence-electron chi connectivity index (χ3n) is 3.96. The van der Waals surface area contributed by atoms with Crippen LogP contribution in [0.5, 0.6) is 0 Å². The number of carbonyl (C=O) groups is 1. The first-order valence-electron chi connectivity index (χ1n) is 8.93. The van der Waals surface area contributed by atoms with Crippen molar-refractivity contribution >= 4 is 45.6 Å². The van der Waals surface area contributed by atoms with Gasteiger partial charge in [0, 0.05) is 30.7 Å². The summed E-state index contributed by atoms with van der Waals surface area (Å²) < 4.78 is 37.2. The second-order valence-corrected chi connectivity index (χ2v) is 8.83. The van der Waals surface area contributed by atoms with E-state index in [1.54, 1.807) is 19.1 Å². The maximum Gasteiger partial charge on any atom is 0.389 e. The molecule has 2 aromatic rings. The first kappa shape index (κ1) is 23.8. The van der Waals surface area contributed by atoms with Crippen molar-refractivity contribution in [2.24, 2.45) is 5.92 Å². The molecule has 1 amide bonds. The van der Waals surface area contributed by atoms with Gasteiger partial charge in [0.2, 0.25) is 5.91 Å². The molecule has 0 N–H and O–H groups in total. The first-order chi connectivity index (χ1) is 13.6. The lowest BCUT2D eigenvalue weighted by Gasteiger charge is -2.23. The summed E-state index contributed by atoms with van der Waals surface area (Å²) in [6.45, 7) is 3.93. The van der Waals surface area contributed by atoms with Gasteiger partial charge in [0.15, 0.2) is 17.5 Å². The topological polar surface area (TPSA) is 60.1 Å². The van der Waals surface area contributed by atoms with Crippen LogP contribution >= 0.6 is 34.7 Å². The Balaban J connectivity index is 2.02. The predicted octanol–water partition coefficient (Wildman–Crippen LogP) is 5.16. The van der Waals surface area contributed by atoms with Crippen LogP contribution in [0.15, 0.2) is 24.5 Å². The van der Waals surface area contributed by atoms with E-state index in [1.165, 1.54) is 40.4 Å². The largest absolute Gasteiger partial charge is 0.619 e. The van der Waals surface area contributed by atoms with Gasteiger partial charge in [0.1, 0.15) is 10.0 Å². The summed E-state index contributed by atoms with van der Waals surface area (Å²) in [7, 11) is 0. The van der Waals surface area contributed by atoms with Gasteiger partial charge in [-0.05, 0) is 25.2 Å². The van der Waals surface area contributed by atoms with Crippen molar-refractivity contribution in [3.63, 3.8) is 0 Å². The molecule has 0 saturated carbocycles. The zero-order valence-corrected chi connectivity index (χ0v) is 18.3. The fourth-order valence-electron chi connectivity index (χ4n) is 2.54. The second-order valence-electron chi connectivity index (χ2n) is 6.34. The van der Waals surface area contributed by atoms with Crippen molar-refractivity contribution in [2.45, 2.75) is 32.9 Å². The molecule has 0 fully saturated rings. The SMILES string of the molecule is CCN(C(=O)C(C)CSCCCC(F)(F)F)c1sc(-c2ccc[n+]([O-])c2)nc1Cl. The number of thioether (sulfide) groups is 1. The van der Waals surface area contributed by atoms with E-state index in [2.05, 4.69) is 4.98 Å². The number of halogens is 4. The minimum Gasteiger partial charge on any atom is -0.619 e. The maximum atomic E-state index is 12.8. The fourth-order valence-corrected chi connectivity index (χ4v) is 4.92. The fraction of sp³-hybridized carbons (Fsp3) is 0.500. The van der Waals surface area contributed by atoms with Gasteiger partial charge in [-0.15, -0.1) is 0 Å². The molecule has 1 unspecified atom stereocenters. The van der Waals surface area contributed by atoms with Gasteiger partial charge in [0.05, 0.1) is 5.56 Å². The van der Waals surface area contributed by atoms with Crippen LogP contribution in [-0.2, 0) is 4.79 Å². The highest BCUT2D eigenvalue weighted by atomic mass is 35.5. The minimum absolute atomic E-state index is 0.0351. The molecule has 11 heteroatoms. The lowest BCUT2D eigenvalue weighted by atomic mass is 10.2. The molecule has 160 valence electrons. The van der Waals surface area contributed by atoms with Gasteiger partial charge in [0.25, 0.3) is 0 Å². The van der Waals surface area contributed by atoms with Gasteiger partial charge in [-0.1, -0.05) is 29.9 Å². The molecule has 29 heavy (non-hydrogen) atoms. The molecule has 0 aliphatic rings. The Hall–Kier alpha value is -1.52. The molecule has 0 aliphatic heterocycles. The highest BCUT2D eigenvalue weighted by Crippen LogP contribution is 2.38. The van der Waals surface area contributed by atoms with Crippen LogP contribution < -0.4 is 9.63 Å². The average Bonchev–Trinajstić information content (AvgIpc) is 3.02. The van der Waals surface area contributed by atoms with Crippen molar-refractivity contribution < 1.29 is 22.7 Å². The Morgan fingerprint density at radius 2 is 2.21 bits per heavy atom. The van der Waals surface area contributed by atoms with E-state index >= 15 is 0 Å². The predicted molar refractivity (Wildman–Crippen MR) is 111 cm³/mol. The van der Waals surface area contributed by atoms with Crippen LogP contribution in [-0.4, -0.2) is 35.1 Å². The van der Waals surface area contributed by atoms with Crippen LogP contribution in [0, 0.1) is 11.1 Å². The lowest BCUT2D eigenvalue weighted by Crippen LogP contribution is -2.35. The number of hydrogen-bond acceptors (Lipinski definition) is 5. The van der Waals surface area contributed by atoms with E-state index in [0.717, 1.165) is 0 Å². The second kappa shape index (κ2) is 10.5.